The van der Waals surface area contributed by atoms with Crippen LogP contribution in [0.4, 0.5) is 0 Å². The maximum Gasteiger partial charge on any atom is 0.273 e. The molecule has 0 spiro atoms. The molecular weight excluding hydrogens is 330 g/mol. The molecule has 1 aromatic heterocycles. The Morgan fingerprint density at radius 2 is 1.54 bits per heavy atom. The van der Waals surface area contributed by atoms with E-state index in [2.05, 4.69) is 0 Å². The highest BCUT2D eigenvalue weighted by molar-refractivity contribution is 7.87. The Kier molecular flexibility index (Phi) is 4.21. The van der Waals surface area contributed by atoms with Crippen molar-refractivity contribution in [2.24, 2.45) is 0 Å². The monoisotopic (exact) mass is 345 g/mol. The second-order valence-electron chi connectivity index (χ2n) is 5.52. The van der Waals surface area contributed by atoms with Crippen molar-refractivity contribution in [1.82, 2.24) is 0 Å². The number of hydrogen-bond donors (Lipinski definition) is 1. The summed E-state index contributed by atoms with van der Waals surface area (Å²) < 4.78 is 33.4. The lowest BCUT2D eigenvalue weighted by Crippen LogP contribution is -2.45. The Balaban J connectivity index is 2.11. The summed E-state index contributed by atoms with van der Waals surface area (Å²) in [6.07, 6.45) is -0.288. The fraction of sp³-hybridized carbons (Fsp3) is 0.176. The highest BCUT2D eigenvalue weighted by Crippen LogP contribution is 2.18. The fourth-order valence-electron chi connectivity index (χ4n) is 2.88. The normalized spacial score (nSPS) is 13.2. The second-order valence-corrected chi connectivity index (χ2v) is 7.12. The van der Waals surface area contributed by atoms with Crippen LogP contribution in [0, 0.1) is 0 Å². The van der Waals surface area contributed by atoms with Crippen molar-refractivity contribution >= 4 is 37.9 Å². The van der Waals surface area contributed by atoms with Crippen LogP contribution in [0.15, 0.2) is 54.6 Å². The third kappa shape index (κ3) is 3.08. The second kappa shape index (κ2) is 6.18. The van der Waals surface area contributed by atoms with Crippen molar-refractivity contribution in [1.29, 1.82) is 0 Å². The van der Waals surface area contributed by atoms with Crippen molar-refractivity contribution in [2.45, 2.75) is 18.2 Å². The first-order valence-corrected chi connectivity index (χ1v) is 8.86. The van der Waals surface area contributed by atoms with E-state index in [1.165, 1.54) is 0 Å². The van der Waals surface area contributed by atoms with Gasteiger partial charge in [0.15, 0.2) is 6.54 Å². The number of aryl methyl sites for hydroxylation is 1. The molecule has 24 heavy (non-hydrogen) atoms. The molecule has 0 amide bonds. The largest absolute Gasteiger partial charge is 0.549 e. The van der Waals surface area contributed by atoms with Gasteiger partial charge in [-0.25, -0.2) is 0 Å². The fourth-order valence-corrected chi connectivity index (χ4v) is 3.53. The molecule has 0 saturated carbocycles. The van der Waals surface area contributed by atoms with E-state index < -0.39 is 21.3 Å². The zero-order valence-corrected chi connectivity index (χ0v) is 13.4. The Labute approximate surface area is 138 Å². The highest BCUT2D eigenvalue weighted by atomic mass is 32.2. The summed E-state index contributed by atoms with van der Waals surface area (Å²) in [5.41, 5.74) is 1.70. The van der Waals surface area contributed by atoms with E-state index in [0.717, 1.165) is 21.8 Å². The number of para-hydroxylation sites is 2. The Bertz CT molecular complexity index is 976. The van der Waals surface area contributed by atoms with Gasteiger partial charge >= 0.3 is 0 Å². The summed E-state index contributed by atoms with van der Waals surface area (Å²) >= 11 is 0. The average Bonchev–Trinajstić information content (AvgIpc) is 2.52. The maximum atomic E-state index is 11.2. The molecule has 2 aromatic carbocycles. The van der Waals surface area contributed by atoms with Crippen LogP contribution in [0.25, 0.3) is 21.8 Å². The average molecular weight is 345 g/mol. The first kappa shape index (κ1) is 16.4. The lowest BCUT2D eigenvalue weighted by Gasteiger charge is -2.14. The topological polar surface area (TPSA) is 98.4 Å². The number of benzene rings is 2. The van der Waals surface area contributed by atoms with Gasteiger partial charge in [0.1, 0.15) is 5.25 Å². The standard InChI is InChI=1S/C17H15NO5S/c19-17(20)16(24(21,22)23)9-10-18-14-7-3-1-5-12(14)11-13-6-2-4-8-15(13)18/h1-8,11,16H,9-10H2,(H-,19,20,21,22,23). The molecule has 0 bridgehead atoms. The first-order valence-electron chi connectivity index (χ1n) is 7.35. The molecule has 1 unspecified atom stereocenters. The predicted molar refractivity (Wildman–Crippen MR) is 86.6 cm³/mol. The molecule has 3 rings (SSSR count). The van der Waals surface area contributed by atoms with E-state index in [-0.39, 0.29) is 13.0 Å². The zero-order chi connectivity index (χ0) is 17.3. The number of pyridine rings is 1. The van der Waals surface area contributed by atoms with Crippen LogP contribution in [-0.4, -0.2) is 24.2 Å². The molecule has 0 fully saturated rings. The van der Waals surface area contributed by atoms with Crippen molar-refractivity contribution < 1.29 is 27.4 Å². The maximum absolute atomic E-state index is 11.2. The highest BCUT2D eigenvalue weighted by Gasteiger charge is 2.27. The lowest BCUT2D eigenvalue weighted by molar-refractivity contribution is -0.645. The van der Waals surface area contributed by atoms with Gasteiger partial charge in [-0.05, 0) is 18.2 Å². The number of fused-ring (bicyclic) bond motifs is 2. The molecule has 0 aliphatic rings. The van der Waals surface area contributed by atoms with E-state index in [4.69, 9.17) is 4.55 Å². The van der Waals surface area contributed by atoms with Gasteiger partial charge in [-0.1, -0.05) is 24.3 Å². The molecule has 0 saturated heterocycles. The van der Waals surface area contributed by atoms with E-state index in [1.807, 2.05) is 59.2 Å². The van der Waals surface area contributed by atoms with E-state index in [9.17, 15) is 18.3 Å². The van der Waals surface area contributed by atoms with Gasteiger partial charge in [-0.15, -0.1) is 0 Å². The number of aliphatic carboxylic acids is 1. The van der Waals surface area contributed by atoms with E-state index in [0.29, 0.717) is 0 Å². The molecular formula is C17H15NO5S. The van der Waals surface area contributed by atoms with Crippen LogP contribution in [0.5, 0.6) is 0 Å². The van der Waals surface area contributed by atoms with Crippen LogP contribution < -0.4 is 9.67 Å². The number of carboxylic acids is 1. The summed E-state index contributed by atoms with van der Waals surface area (Å²) in [5.74, 6) is -1.80. The number of rotatable bonds is 5. The lowest BCUT2D eigenvalue weighted by atomic mass is 10.1. The van der Waals surface area contributed by atoms with Crippen molar-refractivity contribution in [3.05, 3.63) is 54.6 Å². The number of hydrogen-bond acceptors (Lipinski definition) is 4. The van der Waals surface area contributed by atoms with Crippen LogP contribution in [0.1, 0.15) is 6.42 Å². The third-order valence-corrected chi connectivity index (χ3v) is 5.15. The molecule has 3 aromatic rings. The molecule has 6 nitrogen and oxygen atoms in total. The molecule has 1 N–H and O–H groups in total. The first-order chi connectivity index (χ1) is 11.4. The number of carboxylic acid groups (broad SMARTS) is 1. The van der Waals surface area contributed by atoms with Crippen LogP contribution in [0.3, 0.4) is 0 Å². The quantitative estimate of drug-likeness (QED) is 0.416. The van der Waals surface area contributed by atoms with Crippen LogP contribution >= 0.6 is 0 Å². The van der Waals surface area contributed by atoms with Gasteiger partial charge in [0.2, 0.25) is 11.0 Å². The zero-order valence-electron chi connectivity index (χ0n) is 12.6. The molecule has 124 valence electrons. The number of nitrogens with zero attached hydrogens (tertiary/aromatic N) is 1. The molecule has 1 heterocycles. The molecule has 7 heteroatoms. The summed E-state index contributed by atoms with van der Waals surface area (Å²) in [7, 11) is -4.72. The Hall–Kier alpha value is -2.51. The van der Waals surface area contributed by atoms with Crippen LogP contribution in [-0.2, 0) is 21.5 Å². The van der Waals surface area contributed by atoms with Gasteiger partial charge in [0, 0.05) is 29.3 Å². The number of aromatic nitrogens is 1. The minimum absolute atomic E-state index is 0.111. The molecule has 0 aliphatic heterocycles. The van der Waals surface area contributed by atoms with Gasteiger partial charge < -0.3 is 9.90 Å². The van der Waals surface area contributed by atoms with E-state index >= 15 is 0 Å². The summed E-state index contributed by atoms with van der Waals surface area (Å²) in [6, 6.07) is 17.1. The SMILES string of the molecule is O=C([O-])C(CC[n+]1c2ccccc2cc2ccccc21)S(=O)(=O)O. The minimum Gasteiger partial charge on any atom is -0.549 e. The van der Waals surface area contributed by atoms with Gasteiger partial charge in [-0.2, -0.15) is 13.0 Å². The van der Waals surface area contributed by atoms with E-state index in [1.54, 1.807) is 0 Å². The smallest absolute Gasteiger partial charge is 0.273 e. The van der Waals surface area contributed by atoms with Crippen LogP contribution in [0.2, 0.25) is 0 Å². The molecule has 0 aliphatic carbocycles. The molecule has 1 atom stereocenters. The van der Waals surface area contributed by atoms with Crippen molar-refractivity contribution in [3.8, 4) is 0 Å². The van der Waals surface area contributed by atoms with Gasteiger partial charge in [-0.3, -0.25) is 4.55 Å². The summed E-state index contributed by atoms with van der Waals surface area (Å²) in [4.78, 5) is 11.0. The third-order valence-electron chi connectivity index (χ3n) is 4.00. The summed E-state index contributed by atoms with van der Waals surface area (Å²) in [5, 5.41) is 11.0. The minimum atomic E-state index is -4.72. The summed E-state index contributed by atoms with van der Waals surface area (Å²) in [6.45, 7) is 0.111. The molecule has 0 radical (unpaired) electrons. The van der Waals surface area contributed by atoms with Crippen molar-refractivity contribution in [3.63, 3.8) is 0 Å². The van der Waals surface area contributed by atoms with Gasteiger partial charge in [0.25, 0.3) is 10.1 Å². The Morgan fingerprint density at radius 3 is 2.00 bits per heavy atom. The van der Waals surface area contributed by atoms with Crippen molar-refractivity contribution in [2.75, 3.05) is 0 Å². The number of carbonyl (C=O) groups is 1. The Morgan fingerprint density at radius 1 is 1.04 bits per heavy atom. The van der Waals surface area contributed by atoms with Gasteiger partial charge in [0.05, 0.1) is 5.97 Å². The predicted octanol–water partition coefficient (Wildman–Crippen LogP) is 0.677. The number of carbonyl (C=O) groups excluding carboxylic acids is 1.